The molecule has 0 aliphatic carbocycles. The van der Waals surface area contributed by atoms with Crippen LogP contribution in [0.2, 0.25) is 0 Å². The van der Waals surface area contributed by atoms with Gasteiger partial charge in [-0.3, -0.25) is 9.67 Å². The molecule has 8 nitrogen and oxygen atoms in total. The van der Waals surface area contributed by atoms with Gasteiger partial charge in [0.15, 0.2) is 11.8 Å². The molecule has 0 saturated carbocycles. The molecule has 2 heterocycles. The lowest BCUT2D eigenvalue weighted by atomic mass is 9.97. The van der Waals surface area contributed by atoms with Gasteiger partial charge in [0.1, 0.15) is 0 Å². The molecule has 152 valence electrons. The van der Waals surface area contributed by atoms with Gasteiger partial charge in [-0.25, -0.2) is 0 Å². The molecule has 2 aromatic heterocycles. The third kappa shape index (κ3) is 6.18. The summed E-state index contributed by atoms with van der Waals surface area (Å²) in [6.07, 6.45) is 2.06. The number of halogens is 1. The molecule has 0 aromatic carbocycles. The first-order valence-corrected chi connectivity index (χ1v) is 8.89. The molecule has 2 aromatic rings. The van der Waals surface area contributed by atoms with Crippen molar-refractivity contribution in [3.63, 3.8) is 0 Å². The van der Waals surface area contributed by atoms with E-state index in [1.807, 2.05) is 39.5 Å². The molecule has 0 unspecified atom stereocenters. The molecular formula is C18H32IN7O. The summed E-state index contributed by atoms with van der Waals surface area (Å²) < 4.78 is 7.19. The monoisotopic (exact) mass is 489 g/mol. The highest BCUT2D eigenvalue weighted by molar-refractivity contribution is 14.0. The summed E-state index contributed by atoms with van der Waals surface area (Å²) in [7, 11) is 5.72. The Labute approximate surface area is 178 Å². The van der Waals surface area contributed by atoms with Crippen LogP contribution in [0.1, 0.15) is 63.5 Å². The van der Waals surface area contributed by atoms with E-state index in [4.69, 9.17) is 4.52 Å². The largest absolute Gasteiger partial charge is 0.349 e. The van der Waals surface area contributed by atoms with E-state index in [-0.39, 0.29) is 29.4 Å². The molecule has 0 amide bonds. The lowest BCUT2D eigenvalue weighted by molar-refractivity contribution is 0.318. The predicted octanol–water partition coefficient (Wildman–Crippen LogP) is 3.05. The number of rotatable bonds is 5. The van der Waals surface area contributed by atoms with Crippen molar-refractivity contribution in [1.29, 1.82) is 0 Å². The summed E-state index contributed by atoms with van der Waals surface area (Å²) in [5, 5.41) is 11.9. The quantitative estimate of drug-likeness (QED) is 0.395. The maximum Gasteiger partial charge on any atom is 0.232 e. The number of aryl methyl sites for hydroxylation is 1. The molecule has 0 spiro atoms. The number of aromatic nitrogens is 4. The van der Waals surface area contributed by atoms with Crippen LogP contribution in [-0.4, -0.2) is 44.9 Å². The first-order valence-electron chi connectivity index (χ1n) is 8.89. The van der Waals surface area contributed by atoms with Crippen molar-refractivity contribution in [2.24, 2.45) is 12.0 Å². The molecule has 0 bridgehead atoms. The van der Waals surface area contributed by atoms with Crippen molar-refractivity contribution in [2.45, 2.75) is 59.0 Å². The van der Waals surface area contributed by atoms with Crippen molar-refractivity contribution < 1.29 is 4.52 Å². The van der Waals surface area contributed by atoms with Gasteiger partial charge in [0.25, 0.3) is 0 Å². The maximum absolute atomic E-state index is 5.33. The van der Waals surface area contributed by atoms with E-state index in [9.17, 15) is 0 Å². The second-order valence-electron chi connectivity index (χ2n) is 7.89. The molecule has 0 aliphatic rings. The first-order chi connectivity index (χ1) is 12.1. The van der Waals surface area contributed by atoms with Gasteiger partial charge in [-0.1, -0.05) is 39.8 Å². The standard InChI is InChI=1S/C18H31N7O.HI/c1-12(2)15-13(11-25(8)22-15)10-24(7)17(19-6)20-9-14-21-16(26-23-14)18(3,4)5;/h11-12H,9-10H2,1-8H3,(H,19,20);1H. The van der Waals surface area contributed by atoms with Crippen molar-refractivity contribution in [1.82, 2.24) is 30.1 Å². The Bertz CT molecular complexity index is 758. The van der Waals surface area contributed by atoms with Crippen LogP contribution in [0, 0.1) is 0 Å². The Morgan fingerprint density at radius 3 is 2.56 bits per heavy atom. The van der Waals surface area contributed by atoms with Crippen LogP contribution in [0.3, 0.4) is 0 Å². The van der Waals surface area contributed by atoms with Crippen LogP contribution >= 0.6 is 24.0 Å². The molecule has 2 rings (SSSR count). The molecule has 0 fully saturated rings. The molecule has 27 heavy (non-hydrogen) atoms. The number of nitrogens with one attached hydrogen (secondary N) is 1. The van der Waals surface area contributed by atoms with Gasteiger partial charge in [-0.15, -0.1) is 24.0 Å². The van der Waals surface area contributed by atoms with Gasteiger partial charge in [0, 0.05) is 44.9 Å². The van der Waals surface area contributed by atoms with Crippen molar-refractivity contribution in [2.75, 3.05) is 14.1 Å². The third-order valence-electron chi connectivity index (χ3n) is 3.98. The normalized spacial score (nSPS) is 12.3. The fraction of sp³-hybridized carbons (Fsp3) is 0.667. The Kier molecular flexibility index (Phi) is 8.24. The van der Waals surface area contributed by atoms with E-state index in [1.54, 1.807) is 7.05 Å². The Hall–Kier alpha value is -1.65. The van der Waals surface area contributed by atoms with Gasteiger partial charge in [-0.2, -0.15) is 10.1 Å². The Morgan fingerprint density at radius 2 is 2.04 bits per heavy atom. The topological polar surface area (TPSA) is 84.4 Å². The minimum absolute atomic E-state index is 0. The average Bonchev–Trinajstić information content (AvgIpc) is 3.14. The van der Waals surface area contributed by atoms with E-state index in [2.05, 4.69) is 50.5 Å². The zero-order chi connectivity index (χ0) is 19.5. The first kappa shape index (κ1) is 23.4. The Balaban J connectivity index is 0.00000364. The van der Waals surface area contributed by atoms with Gasteiger partial charge in [-0.05, 0) is 5.92 Å². The van der Waals surface area contributed by atoms with Crippen LogP contribution in [0.15, 0.2) is 15.7 Å². The third-order valence-corrected chi connectivity index (χ3v) is 3.98. The SMILES string of the molecule is CN=C(NCc1noc(C(C)(C)C)n1)N(C)Cc1cn(C)nc1C(C)C.I. The van der Waals surface area contributed by atoms with E-state index in [1.165, 1.54) is 5.56 Å². The van der Waals surface area contributed by atoms with Gasteiger partial charge >= 0.3 is 0 Å². The fourth-order valence-corrected chi connectivity index (χ4v) is 2.67. The molecular weight excluding hydrogens is 457 g/mol. The smallest absolute Gasteiger partial charge is 0.232 e. The highest BCUT2D eigenvalue weighted by Gasteiger charge is 2.22. The van der Waals surface area contributed by atoms with Gasteiger partial charge in [0.05, 0.1) is 12.2 Å². The second-order valence-corrected chi connectivity index (χ2v) is 7.89. The maximum atomic E-state index is 5.33. The van der Waals surface area contributed by atoms with Crippen molar-refractivity contribution in [3.05, 3.63) is 29.2 Å². The average molecular weight is 489 g/mol. The summed E-state index contributed by atoms with van der Waals surface area (Å²) >= 11 is 0. The van der Waals surface area contributed by atoms with E-state index < -0.39 is 0 Å². The molecule has 0 atom stereocenters. The minimum atomic E-state index is -0.155. The van der Waals surface area contributed by atoms with Crippen LogP contribution < -0.4 is 5.32 Å². The van der Waals surface area contributed by atoms with Gasteiger partial charge < -0.3 is 14.7 Å². The summed E-state index contributed by atoms with van der Waals surface area (Å²) in [6.45, 7) is 11.6. The fourth-order valence-electron chi connectivity index (χ4n) is 2.67. The van der Waals surface area contributed by atoms with Crippen molar-refractivity contribution >= 4 is 29.9 Å². The zero-order valence-corrected chi connectivity index (χ0v) is 19.9. The minimum Gasteiger partial charge on any atom is -0.349 e. The summed E-state index contributed by atoms with van der Waals surface area (Å²) in [6, 6.07) is 0. The van der Waals surface area contributed by atoms with Crippen molar-refractivity contribution in [3.8, 4) is 0 Å². The summed E-state index contributed by atoms with van der Waals surface area (Å²) in [5.74, 6) is 2.40. The number of nitrogens with zero attached hydrogens (tertiary/aromatic N) is 6. The molecule has 1 N–H and O–H groups in total. The van der Waals surface area contributed by atoms with Gasteiger partial charge in [0.2, 0.25) is 5.89 Å². The van der Waals surface area contributed by atoms with Crippen LogP contribution in [0.4, 0.5) is 0 Å². The number of guanidine groups is 1. The lowest BCUT2D eigenvalue weighted by Gasteiger charge is -2.21. The summed E-state index contributed by atoms with van der Waals surface area (Å²) in [4.78, 5) is 10.9. The lowest BCUT2D eigenvalue weighted by Crippen LogP contribution is -2.38. The van der Waals surface area contributed by atoms with E-state index >= 15 is 0 Å². The second kappa shape index (κ2) is 9.52. The number of hydrogen-bond acceptors (Lipinski definition) is 5. The molecule has 0 aliphatic heterocycles. The van der Waals surface area contributed by atoms with Crippen LogP contribution in [-0.2, 0) is 25.6 Å². The van der Waals surface area contributed by atoms with E-state index in [0.717, 1.165) is 18.2 Å². The number of hydrogen-bond donors (Lipinski definition) is 1. The highest BCUT2D eigenvalue weighted by atomic mass is 127. The zero-order valence-electron chi connectivity index (χ0n) is 17.6. The molecule has 0 saturated heterocycles. The van der Waals surface area contributed by atoms with E-state index in [0.29, 0.717) is 24.2 Å². The Morgan fingerprint density at radius 1 is 1.37 bits per heavy atom. The molecule has 9 heteroatoms. The highest BCUT2D eigenvalue weighted by Crippen LogP contribution is 2.20. The molecule has 0 radical (unpaired) electrons. The predicted molar refractivity (Wildman–Crippen MR) is 117 cm³/mol. The van der Waals surface area contributed by atoms with Crippen LogP contribution in [0.25, 0.3) is 0 Å². The summed E-state index contributed by atoms with van der Waals surface area (Å²) in [5.41, 5.74) is 2.15. The van der Waals surface area contributed by atoms with Crippen LogP contribution in [0.5, 0.6) is 0 Å². The number of aliphatic imine (C=N–C) groups is 1.